The Morgan fingerprint density at radius 1 is 0.964 bits per heavy atom. The maximum atomic E-state index is 12.8. The maximum Gasteiger partial charge on any atom is 0.416 e. The number of alkyl halides is 6. The highest BCUT2D eigenvalue weighted by Gasteiger charge is 2.38. The van der Waals surface area contributed by atoms with Gasteiger partial charge in [0, 0.05) is 19.6 Å². The lowest BCUT2D eigenvalue weighted by Gasteiger charge is -2.26. The van der Waals surface area contributed by atoms with E-state index in [0.717, 1.165) is 0 Å². The minimum Gasteiger partial charge on any atom is -0.379 e. The van der Waals surface area contributed by atoms with Gasteiger partial charge in [-0.3, -0.25) is 4.90 Å². The average Bonchev–Trinajstić information content (AvgIpc) is 2.58. The molecule has 1 aromatic carbocycles. The molecule has 162 valence electrons. The first-order valence-corrected chi connectivity index (χ1v) is 9.47. The molecule has 2 rings (SSSR count). The summed E-state index contributed by atoms with van der Waals surface area (Å²) in [6.07, 6.45) is -9.87. The van der Waals surface area contributed by atoms with E-state index in [0.29, 0.717) is 39.3 Å². The topological polar surface area (TPSA) is 58.6 Å². The molecule has 1 saturated heterocycles. The SMILES string of the molecule is Cl.O=S(=O)(NCCCN1CCOCC1)c1cc(C(F)(F)F)cc(C(F)(F)F)c1. The summed E-state index contributed by atoms with van der Waals surface area (Å²) in [5.41, 5.74) is -3.35. The first-order valence-electron chi connectivity index (χ1n) is 7.99. The van der Waals surface area contributed by atoms with Gasteiger partial charge in [0.1, 0.15) is 0 Å². The van der Waals surface area contributed by atoms with Crippen LogP contribution in [0.2, 0.25) is 0 Å². The quantitative estimate of drug-likeness (QED) is 0.528. The molecular formula is C15H19ClF6N2O3S. The van der Waals surface area contributed by atoms with Crippen LogP contribution in [0, 0.1) is 0 Å². The second kappa shape index (κ2) is 9.61. The summed E-state index contributed by atoms with van der Waals surface area (Å²) in [6.45, 7) is 2.87. The van der Waals surface area contributed by atoms with Gasteiger partial charge >= 0.3 is 12.4 Å². The minimum absolute atomic E-state index is 0. The molecular weight excluding hydrogens is 438 g/mol. The molecule has 1 N–H and O–H groups in total. The van der Waals surface area contributed by atoms with Crippen molar-refractivity contribution in [2.75, 3.05) is 39.4 Å². The fourth-order valence-corrected chi connectivity index (χ4v) is 3.64. The predicted octanol–water partition coefficient (Wildman–Crippen LogP) is 3.15. The number of morpholine rings is 1. The second-order valence-electron chi connectivity index (χ2n) is 5.95. The van der Waals surface area contributed by atoms with Crippen LogP contribution in [-0.2, 0) is 27.1 Å². The van der Waals surface area contributed by atoms with E-state index in [1.807, 2.05) is 4.90 Å². The number of benzene rings is 1. The first-order chi connectivity index (χ1) is 12.4. The monoisotopic (exact) mass is 456 g/mol. The molecule has 0 amide bonds. The number of halogens is 7. The van der Waals surface area contributed by atoms with Crippen molar-refractivity contribution in [2.24, 2.45) is 0 Å². The van der Waals surface area contributed by atoms with Gasteiger partial charge in [-0.05, 0) is 31.2 Å². The largest absolute Gasteiger partial charge is 0.416 e. The van der Waals surface area contributed by atoms with E-state index in [9.17, 15) is 34.8 Å². The molecule has 1 fully saturated rings. The third kappa shape index (κ3) is 7.07. The third-order valence-electron chi connectivity index (χ3n) is 3.92. The molecule has 0 spiro atoms. The van der Waals surface area contributed by atoms with Crippen LogP contribution >= 0.6 is 12.4 Å². The highest BCUT2D eigenvalue weighted by molar-refractivity contribution is 7.89. The van der Waals surface area contributed by atoms with Crippen LogP contribution in [0.4, 0.5) is 26.3 Å². The zero-order valence-electron chi connectivity index (χ0n) is 14.4. The zero-order chi connectivity index (χ0) is 20.3. The molecule has 0 aromatic heterocycles. The molecule has 0 saturated carbocycles. The minimum atomic E-state index is -5.11. The van der Waals surface area contributed by atoms with Crippen LogP contribution in [0.25, 0.3) is 0 Å². The maximum absolute atomic E-state index is 12.8. The second-order valence-corrected chi connectivity index (χ2v) is 7.71. The Morgan fingerprint density at radius 2 is 1.46 bits per heavy atom. The highest BCUT2D eigenvalue weighted by atomic mass is 35.5. The fourth-order valence-electron chi connectivity index (χ4n) is 2.50. The van der Waals surface area contributed by atoms with Gasteiger partial charge in [-0.1, -0.05) is 0 Å². The van der Waals surface area contributed by atoms with E-state index in [1.54, 1.807) is 0 Å². The van der Waals surface area contributed by atoms with Gasteiger partial charge in [0.15, 0.2) is 0 Å². The van der Waals surface area contributed by atoms with E-state index in [2.05, 4.69) is 4.72 Å². The van der Waals surface area contributed by atoms with Gasteiger partial charge in [-0.2, -0.15) is 26.3 Å². The molecule has 1 heterocycles. The molecule has 13 heteroatoms. The lowest BCUT2D eigenvalue weighted by molar-refractivity contribution is -0.143. The molecule has 0 bridgehead atoms. The molecule has 0 radical (unpaired) electrons. The summed E-state index contributed by atoms with van der Waals surface area (Å²) in [5.74, 6) is 0. The van der Waals surface area contributed by atoms with Crippen molar-refractivity contribution in [2.45, 2.75) is 23.7 Å². The van der Waals surface area contributed by atoms with Gasteiger partial charge in [0.2, 0.25) is 10.0 Å². The summed E-state index contributed by atoms with van der Waals surface area (Å²) < 4.78 is 109. The number of sulfonamides is 1. The van der Waals surface area contributed by atoms with Crippen LogP contribution < -0.4 is 4.72 Å². The molecule has 0 aliphatic carbocycles. The zero-order valence-corrected chi connectivity index (χ0v) is 16.1. The van der Waals surface area contributed by atoms with Gasteiger partial charge in [-0.25, -0.2) is 13.1 Å². The summed E-state index contributed by atoms with van der Waals surface area (Å²) in [4.78, 5) is 0.945. The number of rotatable bonds is 6. The van der Waals surface area contributed by atoms with Crippen LogP contribution in [0.5, 0.6) is 0 Å². The van der Waals surface area contributed by atoms with Crippen molar-refractivity contribution >= 4 is 22.4 Å². The number of hydrogen-bond donors (Lipinski definition) is 1. The smallest absolute Gasteiger partial charge is 0.379 e. The van der Waals surface area contributed by atoms with Crippen LogP contribution in [0.15, 0.2) is 23.1 Å². The number of nitrogens with one attached hydrogen (secondary N) is 1. The summed E-state index contributed by atoms with van der Waals surface area (Å²) in [7, 11) is -4.52. The molecule has 28 heavy (non-hydrogen) atoms. The van der Waals surface area contributed by atoms with Crippen molar-refractivity contribution in [3.63, 3.8) is 0 Å². The van der Waals surface area contributed by atoms with Crippen LogP contribution in [0.1, 0.15) is 17.5 Å². The van der Waals surface area contributed by atoms with E-state index in [1.165, 1.54) is 0 Å². The molecule has 1 aromatic rings. The van der Waals surface area contributed by atoms with Gasteiger partial charge in [-0.15, -0.1) is 12.4 Å². The third-order valence-corrected chi connectivity index (χ3v) is 5.36. The standard InChI is InChI=1S/C15H18F6N2O3S.ClH/c16-14(17,18)11-8-12(15(19,20)21)10-13(9-11)27(24,25)22-2-1-3-23-4-6-26-7-5-23;/h8-10,22H,1-7H2;1H. The number of nitrogens with zero attached hydrogens (tertiary/aromatic N) is 1. The van der Waals surface area contributed by atoms with E-state index in [-0.39, 0.29) is 37.2 Å². The van der Waals surface area contributed by atoms with Crippen molar-refractivity contribution in [1.29, 1.82) is 0 Å². The Bertz CT molecular complexity index is 717. The van der Waals surface area contributed by atoms with Gasteiger partial charge in [0.05, 0.1) is 29.2 Å². The predicted molar refractivity (Wildman–Crippen MR) is 90.8 cm³/mol. The van der Waals surface area contributed by atoms with Crippen molar-refractivity contribution < 1.29 is 39.5 Å². The summed E-state index contributed by atoms with van der Waals surface area (Å²) >= 11 is 0. The normalized spacial score (nSPS) is 16.6. The summed E-state index contributed by atoms with van der Waals surface area (Å²) in [5, 5.41) is 0. The molecule has 5 nitrogen and oxygen atoms in total. The van der Waals surface area contributed by atoms with Crippen LogP contribution in [0.3, 0.4) is 0 Å². The Hall–Kier alpha value is -1.08. The number of ether oxygens (including phenoxy) is 1. The lowest BCUT2D eigenvalue weighted by atomic mass is 10.1. The number of hydrogen-bond acceptors (Lipinski definition) is 4. The van der Waals surface area contributed by atoms with Crippen LogP contribution in [-0.4, -0.2) is 52.7 Å². The van der Waals surface area contributed by atoms with Gasteiger partial charge < -0.3 is 4.74 Å². The molecule has 0 atom stereocenters. The Morgan fingerprint density at radius 3 is 1.93 bits per heavy atom. The van der Waals surface area contributed by atoms with Gasteiger partial charge in [0.25, 0.3) is 0 Å². The fraction of sp³-hybridized carbons (Fsp3) is 0.600. The van der Waals surface area contributed by atoms with Crippen molar-refractivity contribution in [3.05, 3.63) is 29.3 Å². The molecule has 1 aliphatic rings. The first kappa shape index (κ1) is 25.0. The van der Waals surface area contributed by atoms with Crippen molar-refractivity contribution in [3.8, 4) is 0 Å². The summed E-state index contributed by atoms with van der Waals surface area (Å²) in [6, 6.07) is 0.274. The van der Waals surface area contributed by atoms with E-state index >= 15 is 0 Å². The highest BCUT2D eigenvalue weighted by Crippen LogP contribution is 2.37. The Kier molecular flexibility index (Phi) is 8.57. The molecule has 1 aliphatic heterocycles. The van der Waals surface area contributed by atoms with E-state index < -0.39 is 38.4 Å². The lowest BCUT2D eigenvalue weighted by Crippen LogP contribution is -2.38. The van der Waals surface area contributed by atoms with Crippen molar-refractivity contribution in [1.82, 2.24) is 9.62 Å². The average molecular weight is 457 g/mol. The molecule has 0 unspecified atom stereocenters. The Balaban J connectivity index is 0.00000392. The Labute approximate surface area is 164 Å². The van der Waals surface area contributed by atoms with E-state index in [4.69, 9.17) is 4.74 Å².